The maximum Gasteiger partial charge on any atom is 0.330 e. The Kier molecular flexibility index (Phi) is 4.41. The number of carbonyl (C=O) groups is 2. The van der Waals surface area contributed by atoms with Crippen molar-refractivity contribution in [2.45, 2.75) is 12.5 Å². The number of hydrogen-bond donors (Lipinski definition) is 4. The maximum atomic E-state index is 11.4. The van der Waals surface area contributed by atoms with Gasteiger partial charge in [-0.3, -0.25) is 24.1 Å². The highest BCUT2D eigenvalue weighted by atomic mass is 16.4. The number of H-pyrrole nitrogens is 1. The van der Waals surface area contributed by atoms with E-state index in [0.29, 0.717) is 0 Å². The summed E-state index contributed by atoms with van der Waals surface area (Å²) in [6.07, 6.45) is -0.0639. The lowest BCUT2D eigenvalue weighted by Gasteiger charge is -2.05. The summed E-state index contributed by atoms with van der Waals surface area (Å²) < 4.78 is 0.718. The monoisotopic (exact) mass is 285 g/mol. The average molecular weight is 285 g/mol. The van der Waals surface area contributed by atoms with Crippen molar-refractivity contribution in [3.05, 3.63) is 26.4 Å². The second-order valence-electron chi connectivity index (χ2n) is 3.79. The van der Waals surface area contributed by atoms with E-state index in [9.17, 15) is 24.3 Å². The van der Waals surface area contributed by atoms with E-state index in [0.717, 1.165) is 10.8 Å². The molecule has 1 aromatic heterocycles. The van der Waals surface area contributed by atoms with Gasteiger partial charge in [-0.1, -0.05) is 0 Å². The summed E-state index contributed by atoms with van der Waals surface area (Å²) in [6, 6.07) is -1.61. The zero-order valence-electron chi connectivity index (χ0n) is 10.2. The quantitative estimate of drug-likeness (QED) is 0.460. The molecule has 0 spiro atoms. The second kappa shape index (κ2) is 5.82. The van der Waals surface area contributed by atoms with Crippen molar-refractivity contribution in [1.82, 2.24) is 9.55 Å². The molecule has 0 saturated heterocycles. The molecule has 0 unspecified atom stereocenters. The van der Waals surface area contributed by atoms with Crippen molar-refractivity contribution in [2.24, 2.45) is 12.0 Å². The number of aromatic nitrogens is 2. The number of aromatic hydroxyl groups is 1. The summed E-state index contributed by atoms with van der Waals surface area (Å²) >= 11 is 0. The van der Waals surface area contributed by atoms with Gasteiger partial charge >= 0.3 is 17.6 Å². The van der Waals surface area contributed by atoms with Crippen LogP contribution in [-0.2, 0) is 16.6 Å². The van der Waals surface area contributed by atoms with Crippen LogP contribution in [0.2, 0.25) is 0 Å². The van der Waals surface area contributed by atoms with Crippen molar-refractivity contribution < 1.29 is 24.9 Å². The smallest absolute Gasteiger partial charge is 0.330 e. The van der Waals surface area contributed by atoms with Crippen LogP contribution in [0.4, 0.5) is 0 Å². The van der Waals surface area contributed by atoms with Gasteiger partial charge in [0.1, 0.15) is 5.56 Å². The van der Waals surface area contributed by atoms with Crippen molar-refractivity contribution in [1.29, 1.82) is 0 Å². The van der Waals surface area contributed by atoms with E-state index < -0.39 is 47.1 Å². The van der Waals surface area contributed by atoms with Crippen molar-refractivity contribution in [3.63, 3.8) is 0 Å². The van der Waals surface area contributed by atoms with E-state index in [1.807, 2.05) is 4.98 Å². The molecule has 1 rings (SSSR count). The van der Waals surface area contributed by atoms with Crippen LogP contribution >= 0.6 is 0 Å². The van der Waals surface area contributed by atoms with E-state index >= 15 is 0 Å². The van der Waals surface area contributed by atoms with Gasteiger partial charge in [0.05, 0.1) is 6.42 Å². The van der Waals surface area contributed by atoms with Gasteiger partial charge in [0.15, 0.2) is 6.04 Å². The van der Waals surface area contributed by atoms with E-state index in [1.165, 1.54) is 7.05 Å². The number of rotatable bonds is 5. The van der Waals surface area contributed by atoms with Crippen molar-refractivity contribution in [2.75, 3.05) is 0 Å². The first-order chi connectivity index (χ1) is 9.23. The summed E-state index contributed by atoms with van der Waals surface area (Å²) in [4.78, 5) is 49.1. The first-order valence-electron chi connectivity index (χ1n) is 5.24. The SMILES string of the molecule is Cn1c(O)c(C=N[C@@H](CC(=O)O)C(=O)O)c(=O)[nH]c1=O. The van der Waals surface area contributed by atoms with Crippen LogP contribution in [0, 0.1) is 0 Å². The molecule has 10 heteroatoms. The number of nitrogens with one attached hydrogen (secondary N) is 1. The minimum Gasteiger partial charge on any atom is -0.494 e. The van der Waals surface area contributed by atoms with Crippen LogP contribution in [0.5, 0.6) is 5.88 Å². The Morgan fingerprint density at radius 1 is 1.40 bits per heavy atom. The Balaban J connectivity index is 3.21. The molecule has 0 aromatic carbocycles. The summed E-state index contributed by atoms with van der Waals surface area (Å²) in [5.74, 6) is -3.58. The van der Waals surface area contributed by atoms with Crippen LogP contribution < -0.4 is 11.2 Å². The minimum absolute atomic E-state index is 0.441. The fraction of sp³-hybridized carbons (Fsp3) is 0.300. The Hall–Kier alpha value is -2.91. The van der Waals surface area contributed by atoms with E-state index in [2.05, 4.69) is 4.99 Å². The molecule has 0 aliphatic carbocycles. The van der Waals surface area contributed by atoms with Gasteiger partial charge < -0.3 is 15.3 Å². The van der Waals surface area contributed by atoms with E-state index in [-0.39, 0.29) is 0 Å². The molecule has 0 bridgehead atoms. The fourth-order valence-electron chi connectivity index (χ4n) is 1.28. The van der Waals surface area contributed by atoms with Crippen LogP contribution in [0.25, 0.3) is 0 Å². The third-order valence-corrected chi connectivity index (χ3v) is 2.36. The number of aromatic amines is 1. The first-order valence-corrected chi connectivity index (χ1v) is 5.24. The van der Waals surface area contributed by atoms with Crippen LogP contribution in [-0.4, -0.2) is 49.1 Å². The number of nitrogens with zero attached hydrogens (tertiary/aromatic N) is 2. The van der Waals surface area contributed by atoms with Crippen LogP contribution in [0.3, 0.4) is 0 Å². The largest absolute Gasteiger partial charge is 0.494 e. The zero-order valence-corrected chi connectivity index (χ0v) is 10.2. The Bertz CT molecular complexity index is 685. The number of hydrogen-bond acceptors (Lipinski definition) is 6. The molecule has 4 N–H and O–H groups in total. The number of aliphatic carboxylic acids is 2. The van der Waals surface area contributed by atoms with E-state index in [1.54, 1.807) is 0 Å². The van der Waals surface area contributed by atoms with Gasteiger partial charge in [-0.05, 0) is 0 Å². The first kappa shape index (κ1) is 15.1. The highest BCUT2D eigenvalue weighted by Crippen LogP contribution is 2.06. The van der Waals surface area contributed by atoms with Crippen molar-refractivity contribution in [3.8, 4) is 5.88 Å². The predicted octanol–water partition coefficient (Wildman–Crippen LogP) is -1.87. The summed E-state index contributed by atoms with van der Waals surface area (Å²) in [6.45, 7) is 0. The number of aliphatic imine (C=N–C) groups is 1. The molecular formula is C10H11N3O7. The number of carboxylic acids is 2. The van der Waals surface area contributed by atoms with Crippen LogP contribution in [0.15, 0.2) is 14.6 Å². The normalized spacial score (nSPS) is 12.4. The Labute approximate surface area is 110 Å². The molecule has 0 aliphatic heterocycles. The molecule has 0 radical (unpaired) electrons. The van der Waals surface area contributed by atoms with Gasteiger partial charge in [-0.25, -0.2) is 9.59 Å². The lowest BCUT2D eigenvalue weighted by molar-refractivity contribution is -0.144. The molecule has 1 aromatic rings. The molecule has 0 fully saturated rings. The topological polar surface area (TPSA) is 162 Å². The highest BCUT2D eigenvalue weighted by molar-refractivity contribution is 5.87. The fourth-order valence-corrected chi connectivity index (χ4v) is 1.28. The predicted molar refractivity (Wildman–Crippen MR) is 65.2 cm³/mol. The summed E-state index contributed by atoms with van der Waals surface area (Å²) in [5.41, 5.74) is -2.26. The molecule has 0 aliphatic rings. The maximum absolute atomic E-state index is 11.4. The lowest BCUT2D eigenvalue weighted by atomic mass is 10.2. The third kappa shape index (κ3) is 3.31. The van der Waals surface area contributed by atoms with Gasteiger partial charge in [0.2, 0.25) is 5.88 Å². The van der Waals surface area contributed by atoms with Gasteiger partial charge in [0.25, 0.3) is 5.56 Å². The molecule has 10 nitrogen and oxygen atoms in total. The molecule has 0 saturated carbocycles. The van der Waals surface area contributed by atoms with Gasteiger partial charge in [-0.15, -0.1) is 0 Å². The second-order valence-corrected chi connectivity index (χ2v) is 3.79. The molecule has 20 heavy (non-hydrogen) atoms. The molecule has 1 heterocycles. The molecule has 0 amide bonds. The van der Waals surface area contributed by atoms with Crippen molar-refractivity contribution >= 4 is 18.2 Å². The van der Waals surface area contributed by atoms with Gasteiger partial charge in [-0.2, -0.15) is 0 Å². The summed E-state index contributed by atoms with van der Waals surface area (Å²) in [7, 11) is 1.18. The zero-order chi connectivity index (χ0) is 15.4. The van der Waals surface area contributed by atoms with Gasteiger partial charge in [0, 0.05) is 13.3 Å². The Morgan fingerprint density at radius 2 is 2.00 bits per heavy atom. The molecular weight excluding hydrogens is 274 g/mol. The van der Waals surface area contributed by atoms with Crippen LogP contribution in [0.1, 0.15) is 12.0 Å². The highest BCUT2D eigenvalue weighted by Gasteiger charge is 2.20. The number of carboxylic acid groups (broad SMARTS) is 2. The lowest BCUT2D eigenvalue weighted by Crippen LogP contribution is -2.31. The average Bonchev–Trinajstić information content (AvgIpc) is 2.33. The standard InChI is InChI=1S/C10H11N3O7/c1-13-8(17)4(7(16)12-10(13)20)3-11-5(9(18)19)2-6(14)15/h3,5,17H,2H2,1H3,(H,14,15)(H,18,19)(H,12,16,20)/t5-/m0/s1. The third-order valence-electron chi connectivity index (χ3n) is 2.36. The summed E-state index contributed by atoms with van der Waals surface area (Å²) in [5, 5.41) is 26.9. The minimum atomic E-state index is -1.61. The Morgan fingerprint density at radius 3 is 2.50 bits per heavy atom. The molecule has 108 valence electrons. The molecule has 1 atom stereocenters. The van der Waals surface area contributed by atoms with E-state index in [4.69, 9.17) is 10.2 Å².